The molecule has 0 saturated carbocycles. The third-order valence-electron chi connectivity index (χ3n) is 5.29. The highest BCUT2D eigenvalue weighted by atomic mass is 79.9. The average Bonchev–Trinajstić information content (AvgIpc) is 2.83. The number of esters is 1. The van der Waals surface area contributed by atoms with Crippen molar-refractivity contribution in [2.45, 2.75) is 39.2 Å². The van der Waals surface area contributed by atoms with E-state index in [1.54, 1.807) is 31.2 Å². The van der Waals surface area contributed by atoms with E-state index in [0.29, 0.717) is 28.0 Å². The predicted molar refractivity (Wildman–Crippen MR) is 136 cm³/mol. The van der Waals surface area contributed by atoms with Crippen molar-refractivity contribution in [3.05, 3.63) is 61.6 Å². The molecular weight excluding hydrogens is 526 g/mol. The molecule has 0 aliphatic rings. The molecular formula is C24H25BrClN3O5. The summed E-state index contributed by atoms with van der Waals surface area (Å²) in [5, 5.41) is 5.11. The standard InChI is InChI=1S/C24H25BrClN3O5/c1-6-13(2)22-28-19-8-7-16(25)11-17(19)23(30)29(22)27-12-15-9-18(26)21(20(10-15)32-4)34-14(3)24(31)33-5/h7-14H,6H2,1-5H3/t13-,14-/m1/s1. The summed E-state index contributed by atoms with van der Waals surface area (Å²) in [6, 6.07) is 8.63. The number of aromatic nitrogens is 2. The van der Waals surface area contributed by atoms with Gasteiger partial charge in [-0.25, -0.2) is 9.78 Å². The van der Waals surface area contributed by atoms with Gasteiger partial charge in [0.15, 0.2) is 17.6 Å². The molecule has 0 radical (unpaired) electrons. The summed E-state index contributed by atoms with van der Waals surface area (Å²) in [4.78, 5) is 29.7. The minimum atomic E-state index is -0.879. The van der Waals surface area contributed by atoms with E-state index in [0.717, 1.165) is 10.9 Å². The predicted octanol–water partition coefficient (Wildman–Crippen LogP) is 5.16. The number of rotatable bonds is 8. The Balaban J connectivity index is 2.07. The fraction of sp³-hybridized carbons (Fsp3) is 0.333. The van der Waals surface area contributed by atoms with Crippen molar-refractivity contribution < 1.29 is 19.0 Å². The summed E-state index contributed by atoms with van der Waals surface area (Å²) < 4.78 is 17.8. The van der Waals surface area contributed by atoms with Crippen LogP contribution in [-0.4, -0.2) is 42.2 Å². The lowest BCUT2D eigenvalue weighted by molar-refractivity contribution is -0.147. The van der Waals surface area contributed by atoms with E-state index < -0.39 is 12.1 Å². The Hall–Kier alpha value is -2.91. The van der Waals surface area contributed by atoms with Gasteiger partial charge in [0.05, 0.1) is 36.4 Å². The average molecular weight is 551 g/mol. The number of halogens is 2. The van der Waals surface area contributed by atoms with Crippen molar-refractivity contribution in [2.75, 3.05) is 14.2 Å². The van der Waals surface area contributed by atoms with Gasteiger partial charge in [0, 0.05) is 10.4 Å². The highest BCUT2D eigenvalue weighted by Gasteiger charge is 2.20. The molecule has 0 spiro atoms. The van der Waals surface area contributed by atoms with Crippen LogP contribution in [-0.2, 0) is 9.53 Å². The van der Waals surface area contributed by atoms with Gasteiger partial charge in [0.25, 0.3) is 5.56 Å². The molecule has 180 valence electrons. The molecule has 3 rings (SSSR count). The molecule has 0 N–H and O–H groups in total. The van der Waals surface area contributed by atoms with Crippen LogP contribution in [0.25, 0.3) is 10.9 Å². The summed E-state index contributed by atoms with van der Waals surface area (Å²) in [6.45, 7) is 5.56. The molecule has 10 heteroatoms. The van der Waals surface area contributed by atoms with Crippen molar-refractivity contribution in [1.82, 2.24) is 9.66 Å². The van der Waals surface area contributed by atoms with Gasteiger partial charge in [0.1, 0.15) is 5.82 Å². The Bertz CT molecular complexity index is 1310. The Kier molecular flexibility index (Phi) is 8.33. The molecule has 0 bridgehead atoms. The van der Waals surface area contributed by atoms with Gasteiger partial charge in [-0.15, -0.1) is 0 Å². The zero-order chi connectivity index (χ0) is 25.0. The number of hydrogen-bond acceptors (Lipinski definition) is 7. The molecule has 1 heterocycles. The maximum absolute atomic E-state index is 13.3. The number of carbonyl (C=O) groups is 1. The van der Waals surface area contributed by atoms with Crippen LogP contribution in [0.4, 0.5) is 0 Å². The van der Waals surface area contributed by atoms with Crippen molar-refractivity contribution in [1.29, 1.82) is 0 Å². The zero-order valence-electron chi connectivity index (χ0n) is 19.5. The number of hydrogen-bond donors (Lipinski definition) is 0. The third kappa shape index (κ3) is 5.42. The molecule has 34 heavy (non-hydrogen) atoms. The molecule has 0 aliphatic heterocycles. The Morgan fingerprint density at radius 1 is 1.26 bits per heavy atom. The molecule has 0 unspecified atom stereocenters. The van der Waals surface area contributed by atoms with Crippen molar-refractivity contribution >= 4 is 50.6 Å². The first-order valence-electron chi connectivity index (χ1n) is 10.6. The highest BCUT2D eigenvalue weighted by Crippen LogP contribution is 2.37. The van der Waals surface area contributed by atoms with Crippen LogP contribution in [0.5, 0.6) is 11.5 Å². The van der Waals surface area contributed by atoms with Crippen LogP contribution in [0, 0.1) is 0 Å². The Labute approximate surface area is 210 Å². The fourth-order valence-corrected chi connectivity index (χ4v) is 3.85. The van der Waals surface area contributed by atoms with Crippen molar-refractivity contribution in [3.63, 3.8) is 0 Å². The van der Waals surface area contributed by atoms with E-state index in [2.05, 4.69) is 25.8 Å². The fourth-order valence-electron chi connectivity index (χ4n) is 3.22. The van der Waals surface area contributed by atoms with E-state index in [1.165, 1.54) is 25.1 Å². The Morgan fingerprint density at radius 3 is 2.65 bits per heavy atom. The van der Waals surface area contributed by atoms with Crippen LogP contribution in [0.1, 0.15) is 44.5 Å². The first-order chi connectivity index (χ1) is 16.2. The number of nitrogens with zero attached hydrogens (tertiary/aromatic N) is 3. The number of methoxy groups -OCH3 is 2. The van der Waals surface area contributed by atoms with E-state index in [1.807, 2.05) is 19.9 Å². The van der Waals surface area contributed by atoms with Gasteiger partial charge in [-0.1, -0.05) is 41.4 Å². The van der Waals surface area contributed by atoms with Gasteiger partial charge in [-0.05, 0) is 49.2 Å². The second kappa shape index (κ2) is 11.0. The lowest BCUT2D eigenvalue weighted by atomic mass is 10.1. The van der Waals surface area contributed by atoms with Crippen LogP contribution in [0.2, 0.25) is 5.02 Å². The second-order valence-electron chi connectivity index (χ2n) is 7.62. The quantitative estimate of drug-likeness (QED) is 0.284. The molecule has 3 aromatic rings. The van der Waals surface area contributed by atoms with Crippen LogP contribution in [0.3, 0.4) is 0 Å². The van der Waals surface area contributed by atoms with Crippen LogP contribution >= 0.6 is 27.5 Å². The van der Waals surface area contributed by atoms with E-state index in [-0.39, 0.29) is 22.2 Å². The Morgan fingerprint density at radius 2 is 2.00 bits per heavy atom. The lowest BCUT2D eigenvalue weighted by Crippen LogP contribution is -2.25. The van der Waals surface area contributed by atoms with Gasteiger partial charge in [-0.3, -0.25) is 4.79 Å². The first kappa shape index (κ1) is 25.7. The summed E-state index contributed by atoms with van der Waals surface area (Å²) in [6.07, 6.45) is 1.41. The molecule has 0 fully saturated rings. The van der Waals surface area contributed by atoms with Crippen LogP contribution < -0.4 is 15.0 Å². The number of ether oxygens (including phenoxy) is 3. The summed E-state index contributed by atoms with van der Waals surface area (Å²) in [5.41, 5.74) is 0.903. The SMILES string of the molecule is CC[C@@H](C)c1nc2ccc(Br)cc2c(=O)n1N=Cc1cc(Cl)c(O[C@H](C)C(=O)OC)c(OC)c1. The molecule has 8 nitrogen and oxygen atoms in total. The topological polar surface area (TPSA) is 92.0 Å². The highest BCUT2D eigenvalue weighted by molar-refractivity contribution is 9.10. The largest absolute Gasteiger partial charge is 0.493 e. The maximum Gasteiger partial charge on any atom is 0.346 e. The van der Waals surface area contributed by atoms with E-state index in [4.69, 9.17) is 26.1 Å². The number of carbonyl (C=O) groups excluding carboxylic acids is 1. The number of benzene rings is 2. The molecule has 1 aromatic heterocycles. The number of fused-ring (bicyclic) bond motifs is 1. The maximum atomic E-state index is 13.3. The summed E-state index contributed by atoms with van der Waals surface area (Å²) in [7, 11) is 2.73. The van der Waals surface area contributed by atoms with Gasteiger partial charge < -0.3 is 14.2 Å². The van der Waals surface area contributed by atoms with Crippen molar-refractivity contribution in [3.8, 4) is 11.5 Å². The van der Waals surface area contributed by atoms with Crippen molar-refractivity contribution in [2.24, 2.45) is 5.10 Å². The lowest BCUT2D eigenvalue weighted by Gasteiger charge is -2.17. The van der Waals surface area contributed by atoms with Crippen LogP contribution in [0.15, 0.2) is 44.7 Å². The summed E-state index contributed by atoms with van der Waals surface area (Å²) >= 11 is 9.82. The summed E-state index contributed by atoms with van der Waals surface area (Å²) in [5.74, 6) is 0.528. The minimum absolute atomic E-state index is 0.00612. The third-order valence-corrected chi connectivity index (χ3v) is 6.06. The normalized spacial score (nSPS) is 13.1. The molecule has 0 amide bonds. The monoisotopic (exact) mass is 549 g/mol. The van der Waals surface area contributed by atoms with Gasteiger partial charge in [0.2, 0.25) is 0 Å². The molecule has 2 atom stereocenters. The molecule has 2 aromatic carbocycles. The zero-order valence-corrected chi connectivity index (χ0v) is 21.8. The molecule has 0 saturated heterocycles. The smallest absolute Gasteiger partial charge is 0.346 e. The van der Waals surface area contributed by atoms with Gasteiger partial charge in [-0.2, -0.15) is 9.78 Å². The second-order valence-corrected chi connectivity index (χ2v) is 8.94. The van der Waals surface area contributed by atoms with E-state index in [9.17, 15) is 9.59 Å². The first-order valence-corrected chi connectivity index (χ1v) is 11.8. The molecule has 0 aliphatic carbocycles. The minimum Gasteiger partial charge on any atom is -0.493 e. The van der Waals surface area contributed by atoms with E-state index >= 15 is 0 Å². The van der Waals surface area contributed by atoms with Gasteiger partial charge >= 0.3 is 5.97 Å².